The molecule has 0 aromatic heterocycles. The van der Waals surface area contributed by atoms with E-state index in [1.165, 1.54) is 11.8 Å². The van der Waals surface area contributed by atoms with Gasteiger partial charge in [-0.05, 0) is 37.1 Å². The summed E-state index contributed by atoms with van der Waals surface area (Å²) in [6, 6.07) is 15.3. The molecule has 29 heavy (non-hydrogen) atoms. The predicted molar refractivity (Wildman–Crippen MR) is 117 cm³/mol. The standard InChI is InChI=1S/C21H23N5O2S/c1-13-7-6-8-14(2)18(13)23-17(27)12-29-21-24-19-16(11-22-25-19)20(28)26(21)15-9-4-3-5-10-15/h3-10,16,19,22,25H,11-12H2,1-2H3,(H,23,27). The second-order valence-corrected chi connectivity index (χ2v) is 8.04. The molecule has 2 aromatic carbocycles. The van der Waals surface area contributed by atoms with Crippen molar-refractivity contribution in [2.45, 2.75) is 20.0 Å². The molecule has 0 bridgehead atoms. The molecule has 7 nitrogen and oxygen atoms in total. The van der Waals surface area contributed by atoms with Crippen molar-refractivity contribution in [3.05, 3.63) is 59.7 Å². The molecule has 0 spiro atoms. The SMILES string of the molecule is Cc1cccc(C)c1NC(=O)CSC1=NC2NNCC2C(=O)N1c1ccccc1. The number of aryl methyl sites for hydroxylation is 2. The van der Waals surface area contributed by atoms with Crippen LogP contribution in [0.1, 0.15) is 11.1 Å². The molecule has 2 aliphatic heterocycles. The Balaban J connectivity index is 1.52. The van der Waals surface area contributed by atoms with E-state index in [2.05, 4.69) is 16.2 Å². The number of carbonyl (C=O) groups excluding carboxylic acids is 2. The fourth-order valence-corrected chi connectivity index (χ4v) is 4.35. The lowest BCUT2D eigenvalue weighted by atomic mass is 10.1. The maximum atomic E-state index is 13.1. The van der Waals surface area contributed by atoms with Crippen LogP contribution in [-0.2, 0) is 9.59 Å². The highest BCUT2D eigenvalue weighted by atomic mass is 32.2. The number of fused-ring (bicyclic) bond motifs is 1. The fourth-order valence-electron chi connectivity index (χ4n) is 3.50. The summed E-state index contributed by atoms with van der Waals surface area (Å²) >= 11 is 1.27. The molecule has 8 heteroatoms. The van der Waals surface area contributed by atoms with E-state index in [0.29, 0.717) is 11.7 Å². The average Bonchev–Trinajstić information content (AvgIpc) is 3.19. The molecule has 2 aliphatic rings. The number of thioether (sulfide) groups is 1. The van der Waals surface area contributed by atoms with Crippen molar-refractivity contribution in [3.8, 4) is 0 Å². The summed E-state index contributed by atoms with van der Waals surface area (Å²) < 4.78 is 0. The Kier molecular flexibility index (Phi) is 5.66. The molecule has 2 aromatic rings. The number of hydrogen-bond acceptors (Lipinski definition) is 6. The van der Waals surface area contributed by atoms with Gasteiger partial charge in [-0.1, -0.05) is 48.2 Å². The van der Waals surface area contributed by atoms with Gasteiger partial charge in [0.05, 0.1) is 17.4 Å². The number of nitrogens with zero attached hydrogens (tertiary/aromatic N) is 2. The van der Waals surface area contributed by atoms with Gasteiger partial charge in [0, 0.05) is 12.2 Å². The Hall–Kier alpha value is -2.68. The Morgan fingerprint density at radius 1 is 1.17 bits per heavy atom. The van der Waals surface area contributed by atoms with Gasteiger partial charge in [-0.3, -0.25) is 19.9 Å². The second-order valence-electron chi connectivity index (χ2n) is 7.10. The van der Waals surface area contributed by atoms with Crippen molar-refractivity contribution in [2.24, 2.45) is 10.9 Å². The van der Waals surface area contributed by atoms with Crippen LogP contribution in [0.2, 0.25) is 0 Å². The van der Waals surface area contributed by atoms with E-state index in [0.717, 1.165) is 22.5 Å². The van der Waals surface area contributed by atoms with Crippen LogP contribution in [0.3, 0.4) is 0 Å². The van der Waals surface area contributed by atoms with Gasteiger partial charge in [-0.2, -0.15) is 0 Å². The number of nitrogens with one attached hydrogen (secondary N) is 3. The minimum atomic E-state index is -0.313. The minimum absolute atomic E-state index is 0.0219. The van der Waals surface area contributed by atoms with Crippen molar-refractivity contribution in [3.63, 3.8) is 0 Å². The van der Waals surface area contributed by atoms with E-state index in [9.17, 15) is 9.59 Å². The van der Waals surface area contributed by atoms with Crippen molar-refractivity contribution in [2.75, 3.05) is 22.5 Å². The highest BCUT2D eigenvalue weighted by Gasteiger charge is 2.42. The number of amidine groups is 1. The molecule has 0 aliphatic carbocycles. The van der Waals surface area contributed by atoms with Crippen LogP contribution in [0.25, 0.3) is 0 Å². The predicted octanol–water partition coefficient (Wildman–Crippen LogP) is 2.43. The third kappa shape index (κ3) is 4.05. The van der Waals surface area contributed by atoms with Gasteiger partial charge in [0.25, 0.3) is 0 Å². The first-order valence-corrected chi connectivity index (χ1v) is 10.5. The smallest absolute Gasteiger partial charge is 0.241 e. The highest BCUT2D eigenvalue weighted by Crippen LogP contribution is 2.29. The summed E-state index contributed by atoms with van der Waals surface area (Å²) in [4.78, 5) is 32.0. The number of benzene rings is 2. The Labute approximate surface area is 173 Å². The van der Waals surface area contributed by atoms with E-state index in [1.807, 2.05) is 62.4 Å². The zero-order valence-corrected chi connectivity index (χ0v) is 17.1. The first-order chi connectivity index (χ1) is 14.0. The molecule has 3 N–H and O–H groups in total. The van der Waals surface area contributed by atoms with E-state index < -0.39 is 0 Å². The zero-order valence-electron chi connectivity index (χ0n) is 16.3. The lowest BCUT2D eigenvalue weighted by Crippen LogP contribution is -2.49. The maximum Gasteiger partial charge on any atom is 0.241 e. The number of para-hydroxylation sites is 2. The van der Waals surface area contributed by atoms with Gasteiger partial charge in [-0.25, -0.2) is 10.4 Å². The van der Waals surface area contributed by atoms with E-state index in [-0.39, 0.29) is 29.7 Å². The molecule has 1 saturated heterocycles. The Morgan fingerprint density at radius 2 is 1.90 bits per heavy atom. The third-order valence-electron chi connectivity index (χ3n) is 5.02. The molecule has 4 rings (SSSR count). The summed E-state index contributed by atoms with van der Waals surface area (Å²) in [5, 5.41) is 3.51. The first kappa shape index (κ1) is 19.6. The van der Waals surface area contributed by atoms with Crippen LogP contribution < -0.4 is 21.1 Å². The number of hydrazine groups is 1. The molecule has 0 radical (unpaired) electrons. The van der Waals surface area contributed by atoms with Crippen LogP contribution >= 0.6 is 11.8 Å². The molecule has 0 saturated carbocycles. The molecular formula is C21H23N5O2S. The number of amides is 2. The summed E-state index contributed by atoms with van der Waals surface area (Å²) in [7, 11) is 0. The van der Waals surface area contributed by atoms with Crippen molar-refractivity contribution in [1.29, 1.82) is 0 Å². The third-order valence-corrected chi connectivity index (χ3v) is 5.98. The van der Waals surface area contributed by atoms with Crippen LogP contribution in [0.15, 0.2) is 53.5 Å². The summed E-state index contributed by atoms with van der Waals surface area (Å²) in [5.41, 5.74) is 9.66. The monoisotopic (exact) mass is 409 g/mol. The first-order valence-electron chi connectivity index (χ1n) is 9.48. The molecule has 2 atom stereocenters. The van der Waals surface area contributed by atoms with Gasteiger partial charge >= 0.3 is 0 Å². The van der Waals surface area contributed by atoms with Gasteiger partial charge in [0.2, 0.25) is 11.8 Å². The summed E-state index contributed by atoms with van der Waals surface area (Å²) in [6.45, 7) is 4.46. The molecule has 1 fully saturated rings. The summed E-state index contributed by atoms with van der Waals surface area (Å²) in [6.07, 6.45) is -0.313. The zero-order chi connectivity index (χ0) is 20.4. The van der Waals surface area contributed by atoms with Crippen molar-refractivity contribution >= 4 is 40.1 Å². The largest absolute Gasteiger partial charge is 0.325 e. The molecule has 150 valence electrons. The molecule has 2 amide bonds. The van der Waals surface area contributed by atoms with Crippen molar-refractivity contribution < 1.29 is 9.59 Å². The Morgan fingerprint density at radius 3 is 2.62 bits per heavy atom. The van der Waals surface area contributed by atoms with Crippen LogP contribution in [-0.4, -0.2) is 35.4 Å². The lowest BCUT2D eigenvalue weighted by molar-refractivity contribution is -0.121. The lowest BCUT2D eigenvalue weighted by Gasteiger charge is -2.32. The second kappa shape index (κ2) is 8.36. The number of rotatable bonds is 4. The van der Waals surface area contributed by atoms with Gasteiger partial charge in [0.15, 0.2) is 5.17 Å². The fraction of sp³-hybridized carbons (Fsp3) is 0.286. The van der Waals surface area contributed by atoms with Gasteiger partial charge in [-0.15, -0.1) is 0 Å². The Bertz CT molecular complexity index is 943. The van der Waals surface area contributed by atoms with Crippen LogP contribution in [0.4, 0.5) is 11.4 Å². The summed E-state index contributed by atoms with van der Waals surface area (Å²) in [5.74, 6) is -0.252. The van der Waals surface area contributed by atoms with E-state index in [4.69, 9.17) is 4.99 Å². The van der Waals surface area contributed by atoms with Crippen LogP contribution in [0, 0.1) is 19.8 Å². The van der Waals surface area contributed by atoms with Crippen molar-refractivity contribution in [1.82, 2.24) is 10.9 Å². The molecule has 2 unspecified atom stereocenters. The van der Waals surface area contributed by atoms with E-state index >= 15 is 0 Å². The molecule has 2 heterocycles. The number of aliphatic imine (C=N–C) groups is 1. The van der Waals surface area contributed by atoms with Crippen LogP contribution in [0.5, 0.6) is 0 Å². The number of carbonyl (C=O) groups is 2. The normalized spacial score (nSPS) is 21.0. The number of hydrogen-bond donors (Lipinski definition) is 3. The highest BCUT2D eigenvalue weighted by molar-refractivity contribution is 8.14. The quantitative estimate of drug-likeness (QED) is 0.722. The van der Waals surface area contributed by atoms with Gasteiger partial charge in [0.1, 0.15) is 6.17 Å². The average molecular weight is 410 g/mol. The number of anilines is 2. The van der Waals surface area contributed by atoms with Gasteiger partial charge < -0.3 is 5.32 Å². The molecular weight excluding hydrogens is 386 g/mol. The maximum absolute atomic E-state index is 13.1. The topological polar surface area (TPSA) is 85.8 Å². The van der Waals surface area contributed by atoms with E-state index in [1.54, 1.807) is 4.90 Å². The minimum Gasteiger partial charge on any atom is -0.325 e.